The third kappa shape index (κ3) is 2.46. The van der Waals surface area contributed by atoms with Gasteiger partial charge >= 0.3 is 0 Å². The maximum absolute atomic E-state index is 4.54. The van der Waals surface area contributed by atoms with E-state index in [1.807, 2.05) is 12.3 Å². The molecule has 0 amide bonds. The molecule has 0 fully saturated rings. The van der Waals surface area contributed by atoms with Crippen LogP contribution in [0.15, 0.2) is 30.5 Å². The Bertz CT molecular complexity index is 622. The Labute approximate surface area is 119 Å². The van der Waals surface area contributed by atoms with E-state index in [4.69, 9.17) is 0 Å². The van der Waals surface area contributed by atoms with Gasteiger partial charge in [0.15, 0.2) is 0 Å². The maximum atomic E-state index is 4.54. The van der Waals surface area contributed by atoms with Crippen molar-refractivity contribution in [1.82, 2.24) is 9.97 Å². The van der Waals surface area contributed by atoms with Crippen LogP contribution in [0.4, 0.5) is 17.2 Å². The Hall–Kier alpha value is -2.10. The Kier molecular flexibility index (Phi) is 3.30. The number of hydrogen-bond donors (Lipinski definition) is 1. The summed E-state index contributed by atoms with van der Waals surface area (Å²) in [7, 11) is 2.14. The van der Waals surface area contributed by atoms with E-state index in [9.17, 15) is 0 Å². The van der Waals surface area contributed by atoms with E-state index < -0.39 is 0 Å². The number of benzene rings is 1. The molecule has 0 unspecified atom stereocenters. The number of fused-ring (bicyclic) bond motifs is 1. The van der Waals surface area contributed by atoms with Crippen molar-refractivity contribution in [2.75, 3.05) is 23.8 Å². The van der Waals surface area contributed by atoms with Gasteiger partial charge in [-0.2, -0.15) is 0 Å². The lowest BCUT2D eigenvalue weighted by atomic mass is 10.1. The second-order valence-corrected chi connectivity index (χ2v) is 5.59. The first-order chi connectivity index (χ1) is 9.63. The number of rotatable bonds is 3. The van der Waals surface area contributed by atoms with Crippen molar-refractivity contribution in [2.24, 2.45) is 0 Å². The average Bonchev–Trinajstić information content (AvgIpc) is 2.81. The minimum absolute atomic E-state index is 0.336. The van der Waals surface area contributed by atoms with E-state index in [0.717, 1.165) is 30.3 Å². The van der Waals surface area contributed by atoms with E-state index in [-0.39, 0.29) is 0 Å². The molecule has 0 radical (unpaired) electrons. The van der Waals surface area contributed by atoms with Gasteiger partial charge in [0.25, 0.3) is 0 Å². The van der Waals surface area contributed by atoms with Crippen molar-refractivity contribution in [1.29, 1.82) is 0 Å². The number of aromatic nitrogens is 2. The normalized spacial score (nSPS) is 13.7. The molecule has 1 aliphatic rings. The van der Waals surface area contributed by atoms with Gasteiger partial charge < -0.3 is 10.2 Å². The summed E-state index contributed by atoms with van der Waals surface area (Å²) in [5.41, 5.74) is 3.81. The number of likely N-dealkylation sites (N-methyl/N-ethyl adjacent to an activating group) is 1. The summed E-state index contributed by atoms with van der Waals surface area (Å²) >= 11 is 0. The molecule has 1 N–H and O–H groups in total. The minimum Gasteiger partial charge on any atom is -0.374 e. The number of nitrogens with zero attached hydrogens (tertiary/aromatic N) is 3. The highest BCUT2D eigenvalue weighted by molar-refractivity contribution is 5.68. The molecule has 2 heterocycles. The lowest BCUT2D eigenvalue weighted by molar-refractivity contribution is 0.776. The van der Waals surface area contributed by atoms with Gasteiger partial charge in [-0.25, -0.2) is 9.97 Å². The molecule has 4 nitrogen and oxygen atoms in total. The molecule has 3 rings (SSSR count). The summed E-state index contributed by atoms with van der Waals surface area (Å²) in [6.45, 7) is 5.30. The van der Waals surface area contributed by atoms with Crippen molar-refractivity contribution < 1.29 is 0 Å². The molecule has 4 heteroatoms. The van der Waals surface area contributed by atoms with Crippen molar-refractivity contribution in [3.63, 3.8) is 0 Å². The zero-order chi connectivity index (χ0) is 14.1. The van der Waals surface area contributed by atoms with Gasteiger partial charge in [0.1, 0.15) is 11.6 Å². The zero-order valence-electron chi connectivity index (χ0n) is 12.2. The van der Waals surface area contributed by atoms with Crippen LogP contribution < -0.4 is 10.2 Å². The van der Waals surface area contributed by atoms with Crippen LogP contribution in [0.1, 0.15) is 31.2 Å². The molecule has 0 bridgehead atoms. The Morgan fingerprint density at radius 3 is 2.90 bits per heavy atom. The number of anilines is 3. The van der Waals surface area contributed by atoms with E-state index in [2.05, 4.69) is 59.3 Å². The first kappa shape index (κ1) is 12.9. The summed E-state index contributed by atoms with van der Waals surface area (Å²) in [6, 6.07) is 8.42. The lowest BCUT2D eigenvalue weighted by Gasteiger charge is -2.14. The molecule has 0 spiro atoms. The lowest BCUT2D eigenvalue weighted by Crippen LogP contribution is -2.12. The van der Waals surface area contributed by atoms with Gasteiger partial charge in [-0.1, -0.05) is 19.9 Å². The van der Waals surface area contributed by atoms with Crippen LogP contribution in [0, 0.1) is 0 Å². The molecule has 0 saturated heterocycles. The second kappa shape index (κ2) is 5.12. The van der Waals surface area contributed by atoms with E-state index in [1.54, 1.807) is 0 Å². The van der Waals surface area contributed by atoms with Gasteiger partial charge in [0, 0.05) is 37.1 Å². The highest BCUT2D eigenvalue weighted by atomic mass is 15.1. The topological polar surface area (TPSA) is 41.1 Å². The molecule has 1 aromatic heterocycles. The van der Waals surface area contributed by atoms with E-state index in [0.29, 0.717) is 5.92 Å². The fourth-order valence-corrected chi connectivity index (χ4v) is 2.49. The van der Waals surface area contributed by atoms with Crippen LogP contribution in [0.25, 0.3) is 0 Å². The van der Waals surface area contributed by atoms with Crippen LogP contribution in [-0.4, -0.2) is 23.6 Å². The molecular weight excluding hydrogens is 248 g/mol. The van der Waals surface area contributed by atoms with Crippen LogP contribution >= 0.6 is 0 Å². The van der Waals surface area contributed by atoms with Crippen LogP contribution in [0.5, 0.6) is 0 Å². The molecule has 2 aromatic rings. The van der Waals surface area contributed by atoms with Gasteiger partial charge in [-0.15, -0.1) is 0 Å². The predicted octanol–water partition coefficient (Wildman–Crippen LogP) is 3.34. The second-order valence-electron chi connectivity index (χ2n) is 5.59. The first-order valence-electron chi connectivity index (χ1n) is 7.07. The minimum atomic E-state index is 0.336. The number of nitrogens with one attached hydrogen (secondary N) is 1. The predicted molar refractivity (Wildman–Crippen MR) is 82.8 cm³/mol. The largest absolute Gasteiger partial charge is 0.374 e. The summed E-state index contributed by atoms with van der Waals surface area (Å²) in [5.74, 6) is 2.06. The third-order valence-electron chi connectivity index (χ3n) is 3.68. The Morgan fingerprint density at radius 2 is 2.10 bits per heavy atom. The van der Waals surface area contributed by atoms with Crippen molar-refractivity contribution in [2.45, 2.75) is 26.2 Å². The smallest absolute Gasteiger partial charge is 0.134 e. The zero-order valence-corrected chi connectivity index (χ0v) is 12.2. The Morgan fingerprint density at radius 1 is 1.25 bits per heavy atom. The Balaban J connectivity index is 1.85. The fraction of sp³-hybridized carbons (Fsp3) is 0.375. The summed E-state index contributed by atoms with van der Waals surface area (Å²) in [4.78, 5) is 11.1. The average molecular weight is 268 g/mol. The molecule has 0 atom stereocenters. The highest BCUT2D eigenvalue weighted by Crippen LogP contribution is 2.30. The fourth-order valence-electron chi connectivity index (χ4n) is 2.49. The molecule has 0 aliphatic carbocycles. The molecule has 1 aliphatic heterocycles. The van der Waals surface area contributed by atoms with Gasteiger partial charge in [-0.05, 0) is 30.2 Å². The SMILES string of the molecule is CC(C)c1nccc(Nc2ccc3c(c2)N(C)CC3)n1. The summed E-state index contributed by atoms with van der Waals surface area (Å²) in [6.07, 6.45) is 2.95. The molecule has 20 heavy (non-hydrogen) atoms. The van der Waals surface area contributed by atoms with Crippen molar-refractivity contribution in [3.8, 4) is 0 Å². The molecule has 104 valence electrons. The molecule has 0 saturated carbocycles. The molecular formula is C16H20N4. The highest BCUT2D eigenvalue weighted by Gasteiger charge is 2.15. The summed E-state index contributed by atoms with van der Waals surface area (Å²) < 4.78 is 0. The van der Waals surface area contributed by atoms with Crippen LogP contribution in [0.2, 0.25) is 0 Å². The standard InChI is InChI=1S/C16H20N4/c1-11(2)16-17-8-6-15(19-16)18-13-5-4-12-7-9-20(3)14(12)10-13/h4-6,8,10-11H,7,9H2,1-3H3,(H,17,18,19). The van der Waals surface area contributed by atoms with E-state index in [1.165, 1.54) is 11.3 Å². The number of hydrogen-bond acceptors (Lipinski definition) is 4. The summed E-state index contributed by atoms with van der Waals surface area (Å²) in [5, 5.41) is 3.37. The monoisotopic (exact) mass is 268 g/mol. The van der Waals surface area contributed by atoms with Gasteiger partial charge in [0.2, 0.25) is 0 Å². The quantitative estimate of drug-likeness (QED) is 0.927. The van der Waals surface area contributed by atoms with Crippen LogP contribution in [-0.2, 0) is 6.42 Å². The van der Waals surface area contributed by atoms with E-state index >= 15 is 0 Å². The maximum Gasteiger partial charge on any atom is 0.134 e. The van der Waals surface area contributed by atoms with Crippen LogP contribution in [0.3, 0.4) is 0 Å². The first-order valence-corrected chi connectivity index (χ1v) is 7.07. The van der Waals surface area contributed by atoms with Gasteiger partial charge in [-0.3, -0.25) is 0 Å². The van der Waals surface area contributed by atoms with Crippen molar-refractivity contribution >= 4 is 17.2 Å². The molecule has 1 aromatic carbocycles. The van der Waals surface area contributed by atoms with Crippen molar-refractivity contribution in [3.05, 3.63) is 41.9 Å². The van der Waals surface area contributed by atoms with Gasteiger partial charge in [0.05, 0.1) is 0 Å². The third-order valence-corrected chi connectivity index (χ3v) is 3.68.